The van der Waals surface area contributed by atoms with Gasteiger partial charge in [0, 0.05) is 6.42 Å². The van der Waals surface area contributed by atoms with Gasteiger partial charge in [0.25, 0.3) is 0 Å². The average molecular weight is 443 g/mol. The molecule has 0 heterocycles. The first-order valence-electron chi connectivity index (χ1n) is 12.4. The Hall–Kier alpha value is -1.74. The minimum absolute atomic E-state index is 0.178. The Morgan fingerprint density at radius 1 is 1.06 bits per heavy atom. The number of benzene rings is 1. The standard InChI is InChI=1S/C29H46O3/c1-10-22(5)28(29(6,7)8)24-12-13-25(26(19-24)30-9)32-27(11-2)31-15-14-23-17-20(3)16-21(4)18-23/h12-13,16-17,19,22-23,27-28H,10-11,14-15,18H2,1-9H3. The van der Waals surface area contributed by atoms with Crippen molar-refractivity contribution in [1.29, 1.82) is 0 Å². The molecule has 1 aromatic carbocycles. The molecule has 1 aromatic rings. The van der Waals surface area contributed by atoms with Crippen LogP contribution in [0, 0.1) is 17.3 Å². The van der Waals surface area contributed by atoms with E-state index in [9.17, 15) is 0 Å². The fourth-order valence-corrected chi connectivity index (χ4v) is 5.15. The Kier molecular flexibility index (Phi) is 9.88. The van der Waals surface area contributed by atoms with Crippen molar-refractivity contribution in [3.63, 3.8) is 0 Å². The summed E-state index contributed by atoms with van der Waals surface area (Å²) in [7, 11) is 1.72. The molecule has 4 atom stereocenters. The Balaban J connectivity index is 2.06. The van der Waals surface area contributed by atoms with Gasteiger partial charge in [0.05, 0.1) is 13.7 Å². The lowest BCUT2D eigenvalue weighted by Crippen LogP contribution is -2.25. The topological polar surface area (TPSA) is 27.7 Å². The minimum atomic E-state index is -0.270. The van der Waals surface area contributed by atoms with Crippen LogP contribution in [0.15, 0.2) is 41.5 Å². The van der Waals surface area contributed by atoms with Crippen molar-refractivity contribution in [3.05, 3.63) is 47.1 Å². The molecular formula is C29H46O3. The average Bonchev–Trinajstić information content (AvgIpc) is 2.72. The van der Waals surface area contributed by atoms with Crippen molar-refractivity contribution in [2.24, 2.45) is 17.3 Å². The van der Waals surface area contributed by atoms with E-state index in [-0.39, 0.29) is 11.7 Å². The third kappa shape index (κ3) is 7.40. The molecule has 3 heteroatoms. The lowest BCUT2D eigenvalue weighted by Gasteiger charge is -2.36. The van der Waals surface area contributed by atoms with Crippen molar-refractivity contribution in [2.75, 3.05) is 13.7 Å². The number of hydrogen-bond donors (Lipinski definition) is 0. The normalized spacial score (nSPS) is 19.6. The maximum Gasteiger partial charge on any atom is 0.199 e. The summed E-state index contributed by atoms with van der Waals surface area (Å²) in [4.78, 5) is 0. The predicted octanol–water partition coefficient (Wildman–Crippen LogP) is 8.31. The Labute approximate surface area is 197 Å². The predicted molar refractivity (Wildman–Crippen MR) is 136 cm³/mol. The van der Waals surface area contributed by atoms with Crippen LogP contribution < -0.4 is 9.47 Å². The molecule has 0 bridgehead atoms. The van der Waals surface area contributed by atoms with E-state index in [1.807, 2.05) is 0 Å². The van der Waals surface area contributed by atoms with Gasteiger partial charge in [-0.15, -0.1) is 0 Å². The summed E-state index contributed by atoms with van der Waals surface area (Å²) >= 11 is 0. The number of hydrogen-bond acceptors (Lipinski definition) is 3. The second kappa shape index (κ2) is 11.9. The molecular weight excluding hydrogens is 396 g/mol. The molecule has 0 radical (unpaired) electrons. The van der Waals surface area contributed by atoms with E-state index in [2.05, 4.69) is 85.7 Å². The van der Waals surface area contributed by atoms with E-state index in [1.165, 1.54) is 16.7 Å². The number of ether oxygens (including phenoxy) is 3. The first-order valence-corrected chi connectivity index (χ1v) is 12.4. The van der Waals surface area contributed by atoms with Crippen LogP contribution in [-0.2, 0) is 4.74 Å². The summed E-state index contributed by atoms with van der Waals surface area (Å²) in [5, 5.41) is 0. The van der Waals surface area contributed by atoms with Gasteiger partial charge in [0.15, 0.2) is 17.8 Å². The molecule has 2 rings (SSSR count). The van der Waals surface area contributed by atoms with Crippen LogP contribution in [0.2, 0.25) is 0 Å². The summed E-state index contributed by atoms with van der Waals surface area (Å²) in [5.41, 5.74) is 4.30. The van der Waals surface area contributed by atoms with Crippen LogP contribution in [0.25, 0.3) is 0 Å². The summed E-state index contributed by atoms with van der Waals surface area (Å²) in [5.74, 6) is 3.15. The van der Waals surface area contributed by atoms with Crippen LogP contribution in [0.1, 0.15) is 92.6 Å². The maximum atomic E-state index is 6.25. The van der Waals surface area contributed by atoms with E-state index in [4.69, 9.17) is 14.2 Å². The zero-order valence-corrected chi connectivity index (χ0v) is 22.0. The van der Waals surface area contributed by atoms with Crippen molar-refractivity contribution in [1.82, 2.24) is 0 Å². The van der Waals surface area contributed by atoms with Gasteiger partial charge in [0.1, 0.15) is 0 Å². The number of allylic oxidation sites excluding steroid dienone is 4. The SMILES string of the molecule is CCC(OCCC1C=C(C)C=C(C)C1)Oc1ccc(C(C(C)CC)C(C)(C)C)cc1OC. The van der Waals surface area contributed by atoms with E-state index in [1.54, 1.807) is 7.11 Å². The van der Waals surface area contributed by atoms with Gasteiger partial charge in [-0.3, -0.25) is 0 Å². The molecule has 0 aliphatic heterocycles. The highest BCUT2D eigenvalue weighted by molar-refractivity contribution is 5.44. The Morgan fingerprint density at radius 3 is 2.34 bits per heavy atom. The van der Waals surface area contributed by atoms with Gasteiger partial charge in [-0.1, -0.05) is 77.3 Å². The molecule has 0 N–H and O–H groups in total. The third-order valence-electron chi connectivity index (χ3n) is 6.63. The molecule has 1 aliphatic rings. The quantitative estimate of drug-likeness (QED) is 0.322. The molecule has 32 heavy (non-hydrogen) atoms. The van der Waals surface area contributed by atoms with Crippen LogP contribution in [-0.4, -0.2) is 20.0 Å². The Bertz CT molecular complexity index is 784. The zero-order chi connectivity index (χ0) is 23.9. The van der Waals surface area contributed by atoms with E-state index in [0.29, 0.717) is 24.4 Å². The fraction of sp³-hybridized carbons (Fsp3) is 0.655. The molecule has 1 aliphatic carbocycles. The van der Waals surface area contributed by atoms with Crippen LogP contribution >= 0.6 is 0 Å². The van der Waals surface area contributed by atoms with E-state index < -0.39 is 0 Å². The number of methoxy groups -OCH3 is 1. The fourth-order valence-electron chi connectivity index (χ4n) is 5.15. The molecule has 3 nitrogen and oxygen atoms in total. The van der Waals surface area contributed by atoms with Crippen LogP contribution in [0.3, 0.4) is 0 Å². The third-order valence-corrected chi connectivity index (χ3v) is 6.63. The minimum Gasteiger partial charge on any atom is -0.493 e. The van der Waals surface area contributed by atoms with Crippen molar-refractivity contribution in [3.8, 4) is 11.5 Å². The lowest BCUT2D eigenvalue weighted by molar-refractivity contribution is -0.0849. The van der Waals surface area contributed by atoms with Crippen molar-refractivity contribution < 1.29 is 14.2 Å². The molecule has 4 unspecified atom stereocenters. The van der Waals surface area contributed by atoms with Gasteiger partial charge in [-0.05, 0) is 67.6 Å². The maximum absolute atomic E-state index is 6.25. The van der Waals surface area contributed by atoms with Crippen molar-refractivity contribution >= 4 is 0 Å². The molecule has 180 valence electrons. The lowest BCUT2D eigenvalue weighted by atomic mass is 9.69. The van der Waals surface area contributed by atoms with E-state index >= 15 is 0 Å². The summed E-state index contributed by atoms with van der Waals surface area (Å²) in [6.45, 7) is 18.8. The summed E-state index contributed by atoms with van der Waals surface area (Å²) in [6.07, 6.45) is 8.45. The number of rotatable bonds is 11. The first kappa shape index (κ1) is 26.5. The smallest absolute Gasteiger partial charge is 0.199 e. The zero-order valence-electron chi connectivity index (χ0n) is 22.0. The van der Waals surface area contributed by atoms with Gasteiger partial charge < -0.3 is 14.2 Å². The van der Waals surface area contributed by atoms with Gasteiger partial charge in [-0.25, -0.2) is 0 Å². The highest BCUT2D eigenvalue weighted by Crippen LogP contribution is 2.44. The molecule has 0 spiro atoms. The first-order chi connectivity index (χ1) is 15.1. The summed E-state index contributed by atoms with van der Waals surface area (Å²) < 4.78 is 18.1. The highest BCUT2D eigenvalue weighted by atomic mass is 16.7. The second-order valence-electron chi connectivity index (χ2n) is 10.6. The monoisotopic (exact) mass is 442 g/mol. The van der Waals surface area contributed by atoms with Gasteiger partial charge in [-0.2, -0.15) is 0 Å². The van der Waals surface area contributed by atoms with E-state index in [0.717, 1.165) is 37.2 Å². The van der Waals surface area contributed by atoms with Crippen LogP contribution in [0.4, 0.5) is 0 Å². The summed E-state index contributed by atoms with van der Waals surface area (Å²) in [6, 6.07) is 6.43. The molecule has 0 saturated heterocycles. The Morgan fingerprint density at radius 2 is 1.78 bits per heavy atom. The molecule has 0 fully saturated rings. The molecule has 0 aromatic heterocycles. The van der Waals surface area contributed by atoms with Crippen molar-refractivity contribution in [2.45, 2.75) is 93.3 Å². The molecule has 0 saturated carbocycles. The highest BCUT2D eigenvalue weighted by Gasteiger charge is 2.31. The van der Waals surface area contributed by atoms with Gasteiger partial charge >= 0.3 is 0 Å². The largest absolute Gasteiger partial charge is 0.493 e. The second-order valence-corrected chi connectivity index (χ2v) is 10.6. The van der Waals surface area contributed by atoms with Gasteiger partial charge in [0.2, 0.25) is 0 Å². The molecule has 0 amide bonds. The van der Waals surface area contributed by atoms with Crippen LogP contribution in [0.5, 0.6) is 11.5 Å².